The number of rotatable bonds is 7. The Bertz CT molecular complexity index is 612. The van der Waals surface area contributed by atoms with Crippen LogP contribution in [0.15, 0.2) is 46.9 Å². The minimum absolute atomic E-state index is 0.503. The lowest BCUT2D eigenvalue weighted by molar-refractivity contribution is 0.300. The zero-order chi connectivity index (χ0) is 15.9. The van der Waals surface area contributed by atoms with Crippen molar-refractivity contribution in [3.05, 3.63) is 63.6 Å². The monoisotopic (exact) mass is 361 g/mol. The Balaban J connectivity index is 2.08. The maximum Gasteiger partial charge on any atom is 0.124 e. The Morgan fingerprint density at radius 3 is 2.64 bits per heavy atom. The van der Waals surface area contributed by atoms with Gasteiger partial charge in [-0.15, -0.1) is 0 Å². The maximum absolute atomic E-state index is 6.06. The highest BCUT2D eigenvalue weighted by Gasteiger charge is 2.07. The minimum Gasteiger partial charge on any atom is -0.489 e. The van der Waals surface area contributed by atoms with Crippen molar-refractivity contribution in [2.75, 3.05) is 0 Å². The molecule has 0 aliphatic carbocycles. The van der Waals surface area contributed by atoms with Crippen LogP contribution in [-0.4, -0.2) is 6.04 Å². The number of hydrogen-bond donors (Lipinski definition) is 1. The first kappa shape index (κ1) is 17.0. The van der Waals surface area contributed by atoms with Gasteiger partial charge in [0.25, 0.3) is 0 Å². The SMILES string of the molecule is CCC(C)NCc1cc(Br)ccc1OCc1ccccc1C. The van der Waals surface area contributed by atoms with Gasteiger partial charge >= 0.3 is 0 Å². The number of halogens is 1. The summed E-state index contributed by atoms with van der Waals surface area (Å²) >= 11 is 3.54. The van der Waals surface area contributed by atoms with E-state index in [2.05, 4.69) is 72.3 Å². The van der Waals surface area contributed by atoms with Crippen molar-refractivity contribution in [2.24, 2.45) is 0 Å². The molecular weight excluding hydrogens is 338 g/mol. The summed E-state index contributed by atoms with van der Waals surface area (Å²) in [6.07, 6.45) is 1.12. The van der Waals surface area contributed by atoms with E-state index in [4.69, 9.17) is 4.74 Å². The Morgan fingerprint density at radius 2 is 1.91 bits per heavy atom. The fourth-order valence-corrected chi connectivity index (χ4v) is 2.59. The van der Waals surface area contributed by atoms with E-state index < -0.39 is 0 Å². The van der Waals surface area contributed by atoms with E-state index in [0.717, 1.165) is 23.2 Å². The lowest BCUT2D eigenvalue weighted by Gasteiger charge is -2.16. The fourth-order valence-electron chi connectivity index (χ4n) is 2.18. The Labute approximate surface area is 142 Å². The third-order valence-electron chi connectivity index (χ3n) is 3.92. The van der Waals surface area contributed by atoms with E-state index in [0.29, 0.717) is 12.6 Å². The lowest BCUT2D eigenvalue weighted by Crippen LogP contribution is -2.24. The Hall–Kier alpha value is -1.32. The van der Waals surface area contributed by atoms with Gasteiger partial charge in [0.05, 0.1) is 0 Å². The van der Waals surface area contributed by atoms with Gasteiger partial charge in [0.2, 0.25) is 0 Å². The van der Waals surface area contributed by atoms with E-state index in [1.165, 1.54) is 16.7 Å². The van der Waals surface area contributed by atoms with Gasteiger partial charge in [0, 0.05) is 22.6 Å². The van der Waals surface area contributed by atoms with Crippen molar-refractivity contribution in [1.29, 1.82) is 0 Å². The first-order valence-electron chi connectivity index (χ1n) is 7.79. The van der Waals surface area contributed by atoms with Gasteiger partial charge < -0.3 is 10.1 Å². The van der Waals surface area contributed by atoms with Crippen LogP contribution in [-0.2, 0) is 13.2 Å². The van der Waals surface area contributed by atoms with Crippen molar-refractivity contribution in [3.8, 4) is 5.75 Å². The summed E-state index contributed by atoms with van der Waals surface area (Å²) in [5.74, 6) is 0.947. The predicted octanol–water partition coefficient (Wildman–Crippen LogP) is 5.22. The second kappa shape index (κ2) is 8.35. The van der Waals surface area contributed by atoms with E-state index >= 15 is 0 Å². The Morgan fingerprint density at radius 1 is 1.14 bits per heavy atom. The maximum atomic E-state index is 6.06. The van der Waals surface area contributed by atoms with Crippen LogP contribution >= 0.6 is 15.9 Å². The molecule has 0 saturated carbocycles. The lowest BCUT2D eigenvalue weighted by atomic mass is 10.1. The summed E-state index contributed by atoms with van der Waals surface area (Å²) in [4.78, 5) is 0. The number of ether oxygens (including phenoxy) is 1. The summed E-state index contributed by atoms with van der Waals surface area (Å²) in [5.41, 5.74) is 3.67. The average molecular weight is 362 g/mol. The minimum atomic E-state index is 0.503. The molecule has 0 bridgehead atoms. The van der Waals surface area contributed by atoms with Crippen LogP contribution in [0, 0.1) is 6.92 Å². The largest absolute Gasteiger partial charge is 0.489 e. The number of hydrogen-bond acceptors (Lipinski definition) is 2. The molecule has 0 amide bonds. The summed E-state index contributed by atoms with van der Waals surface area (Å²) in [6, 6.07) is 15.0. The van der Waals surface area contributed by atoms with E-state index in [1.807, 2.05) is 12.1 Å². The topological polar surface area (TPSA) is 21.3 Å². The van der Waals surface area contributed by atoms with Gasteiger partial charge in [-0.2, -0.15) is 0 Å². The normalized spacial score (nSPS) is 12.2. The van der Waals surface area contributed by atoms with Gasteiger partial charge in [-0.3, -0.25) is 0 Å². The number of benzene rings is 2. The molecule has 0 heterocycles. The molecule has 2 nitrogen and oxygen atoms in total. The quantitative estimate of drug-likeness (QED) is 0.729. The highest BCUT2D eigenvalue weighted by atomic mass is 79.9. The molecule has 3 heteroatoms. The van der Waals surface area contributed by atoms with Gasteiger partial charge in [-0.05, 0) is 49.6 Å². The smallest absolute Gasteiger partial charge is 0.124 e. The van der Waals surface area contributed by atoms with Crippen molar-refractivity contribution < 1.29 is 4.74 Å². The molecule has 118 valence electrons. The van der Waals surface area contributed by atoms with Crippen molar-refractivity contribution >= 4 is 15.9 Å². The van der Waals surface area contributed by atoms with Gasteiger partial charge in [-0.25, -0.2) is 0 Å². The van der Waals surface area contributed by atoms with Gasteiger partial charge in [0.15, 0.2) is 0 Å². The molecule has 0 aliphatic rings. The predicted molar refractivity (Wildman–Crippen MR) is 96.2 cm³/mol. The van der Waals surface area contributed by atoms with Gasteiger partial charge in [0.1, 0.15) is 12.4 Å². The summed E-state index contributed by atoms with van der Waals surface area (Å²) < 4.78 is 7.14. The first-order chi connectivity index (χ1) is 10.6. The van der Waals surface area contributed by atoms with Crippen LogP contribution in [0.4, 0.5) is 0 Å². The fraction of sp³-hybridized carbons (Fsp3) is 0.368. The van der Waals surface area contributed by atoms with Crippen LogP contribution in [0.2, 0.25) is 0 Å². The first-order valence-corrected chi connectivity index (χ1v) is 8.58. The van der Waals surface area contributed by atoms with Crippen LogP contribution < -0.4 is 10.1 Å². The molecule has 0 aliphatic heterocycles. The van der Waals surface area contributed by atoms with E-state index in [-0.39, 0.29) is 0 Å². The third kappa shape index (κ3) is 4.85. The summed E-state index contributed by atoms with van der Waals surface area (Å²) in [7, 11) is 0. The molecule has 2 rings (SSSR count). The molecule has 0 aromatic heterocycles. The second-order valence-corrected chi connectivity index (χ2v) is 6.57. The third-order valence-corrected chi connectivity index (χ3v) is 4.41. The molecule has 0 radical (unpaired) electrons. The van der Waals surface area contributed by atoms with Crippen LogP contribution in [0.5, 0.6) is 5.75 Å². The zero-order valence-electron chi connectivity index (χ0n) is 13.5. The summed E-state index contributed by atoms with van der Waals surface area (Å²) in [5, 5.41) is 3.52. The molecule has 1 unspecified atom stereocenters. The molecule has 1 atom stereocenters. The standard InChI is InChI=1S/C19H24BrNO/c1-4-15(3)21-12-17-11-18(20)9-10-19(17)22-13-16-8-6-5-7-14(16)2/h5-11,15,21H,4,12-13H2,1-3H3. The second-order valence-electron chi connectivity index (χ2n) is 5.66. The van der Waals surface area contributed by atoms with E-state index in [1.54, 1.807) is 0 Å². The highest BCUT2D eigenvalue weighted by molar-refractivity contribution is 9.10. The zero-order valence-corrected chi connectivity index (χ0v) is 15.1. The molecular formula is C19H24BrNO. The molecule has 0 saturated heterocycles. The average Bonchev–Trinajstić information content (AvgIpc) is 2.53. The summed E-state index contributed by atoms with van der Waals surface area (Å²) in [6.45, 7) is 7.92. The van der Waals surface area contributed by atoms with Crippen molar-refractivity contribution in [2.45, 2.75) is 46.4 Å². The van der Waals surface area contributed by atoms with Crippen molar-refractivity contribution in [3.63, 3.8) is 0 Å². The van der Waals surface area contributed by atoms with Crippen LogP contribution in [0.3, 0.4) is 0 Å². The molecule has 22 heavy (non-hydrogen) atoms. The van der Waals surface area contributed by atoms with E-state index in [9.17, 15) is 0 Å². The number of nitrogens with one attached hydrogen (secondary N) is 1. The van der Waals surface area contributed by atoms with Gasteiger partial charge in [-0.1, -0.05) is 47.1 Å². The molecule has 0 spiro atoms. The molecule has 2 aromatic carbocycles. The number of aryl methyl sites for hydroxylation is 1. The molecule has 0 fully saturated rings. The molecule has 2 aromatic rings. The van der Waals surface area contributed by atoms with Crippen molar-refractivity contribution in [1.82, 2.24) is 5.32 Å². The molecule has 1 N–H and O–H groups in total. The van der Waals surface area contributed by atoms with Crippen LogP contribution in [0.1, 0.15) is 37.0 Å². The Kier molecular flexibility index (Phi) is 6.47. The highest BCUT2D eigenvalue weighted by Crippen LogP contribution is 2.24. The van der Waals surface area contributed by atoms with Crippen LogP contribution in [0.25, 0.3) is 0 Å².